The van der Waals surface area contributed by atoms with Gasteiger partial charge in [-0.05, 0) is 31.6 Å². The molecule has 2 heterocycles. The van der Waals surface area contributed by atoms with Crippen molar-refractivity contribution >= 4 is 0 Å². The molecule has 2 saturated heterocycles. The third-order valence-corrected chi connectivity index (χ3v) is 5.19. The van der Waals surface area contributed by atoms with Crippen LogP contribution in [0.25, 0.3) is 0 Å². The smallest absolute Gasteiger partial charge is 0.0702 e. The molecule has 3 fully saturated rings. The first-order valence-corrected chi connectivity index (χ1v) is 8.46. The second-order valence-electron chi connectivity index (χ2n) is 6.74. The number of piperazine rings is 1. The van der Waals surface area contributed by atoms with Crippen LogP contribution in [-0.4, -0.2) is 61.8 Å². The highest BCUT2D eigenvalue weighted by atomic mass is 16.5. The van der Waals surface area contributed by atoms with E-state index < -0.39 is 0 Å². The van der Waals surface area contributed by atoms with E-state index in [4.69, 9.17) is 4.74 Å². The Hall–Kier alpha value is -0.120. The van der Waals surface area contributed by atoms with Crippen molar-refractivity contribution in [1.29, 1.82) is 0 Å². The van der Waals surface area contributed by atoms with Crippen molar-refractivity contribution in [3.8, 4) is 0 Å². The molecule has 3 heteroatoms. The largest absolute Gasteiger partial charge is 0.377 e. The first-order chi connectivity index (χ1) is 9.40. The van der Waals surface area contributed by atoms with Crippen molar-refractivity contribution in [1.82, 2.24) is 9.80 Å². The van der Waals surface area contributed by atoms with Crippen LogP contribution in [0.3, 0.4) is 0 Å². The summed E-state index contributed by atoms with van der Waals surface area (Å²) in [4.78, 5) is 5.33. The van der Waals surface area contributed by atoms with E-state index in [1.807, 2.05) is 0 Å². The fourth-order valence-electron chi connectivity index (χ4n) is 3.97. The molecule has 0 aromatic carbocycles. The summed E-state index contributed by atoms with van der Waals surface area (Å²) in [5, 5.41) is 0. The molecule has 3 nitrogen and oxygen atoms in total. The zero-order valence-electron chi connectivity index (χ0n) is 12.4. The molecule has 0 bridgehead atoms. The number of nitrogens with zero attached hydrogens (tertiary/aromatic N) is 2. The van der Waals surface area contributed by atoms with Crippen LogP contribution in [0.15, 0.2) is 0 Å². The van der Waals surface area contributed by atoms with Crippen molar-refractivity contribution in [2.24, 2.45) is 5.92 Å². The summed E-state index contributed by atoms with van der Waals surface area (Å²) < 4.78 is 5.75. The van der Waals surface area contributed by atoms with E-state index in [0.717, 1.165) is 12.5 Å². The van der Waals surface area contributed by atoms with Crippen LogP contribution >= 0.6 is 0 Å². The van der Waals surface area contributed by atoms with Gasteiger partial charge in [-0.1, -0.05) is 19.3 Å². The Balaban J connectivity index is 1.34. The highest BCUT2D eigenvalue weighted by Gasteiger charge is 2.24. The fraction of sp³-hybridized carbons (Fsp3) is 1.00. The van der Waals surface area contributed by atoms with Gasteiger partial charge < -0.3 is 9.64 Å². The van der Waals surface area contributed by atoms with Gasteiger partial charge in [0.1, 0.15) is 0 Å². The van der Waals surface area contributed by atoms with Crippen LogP contribution in [0, 0.1) is 5.92 Å². The highest BCUT2D eigenvalue weighted by molar-refractivity contribution is 4.78. The van der Waals surface area contributed by atoms with Gasteiger partial charge in [-0.15, -0.1) is 0 Å². The van der Waals surface area contributed by atoms with Crippen molar-refractivity contribution in [2.75, 3.05) is 45.9 Å². The number of hydrogen-bond donors (Lipinski definition) is 0. The predicted octanol–water partition coefficient (Wildman–Crippen LogP) is 2.36. The second-order valence-corrected chi connectivity index (χ2v) is 6.74. The quantitative estimate of drug-likeness (QED) is 0.777. The lowest BCUT2D eigenvalue weighted by molar-refractivity contribution is 0.0457. The normalized spacial score (nSPS) is 31.9. The Bertz CT molecular complexity index is 251. The van der Waals surface area contributed by atoms with Gasteiger partial charge in [0.05, 0.1) is 6.10 Å². The van der Waals surface area contributed by atoms with Crippen LogP contribution in [0.5, 0.6) is 0 Å². The standard InChI is InChI=1S/C16H30N2O/c1-2-5-15(6-3-1)13-17-8-10-18(11-9-17)14-16-7-4-12-19-16/h15-16H,1-14H2/t16-/m1/s1. The lowest BCUT2D eigenvalue weighted by atomic mass is 9.89. The van der Waals surface area contributed by atoms with Crippen molar-refractivity contribution in [3.63, 3.8) is 0 Å². The van der Waals surface area contributed by atoms with E-state index in [0.29, 0.717) is 6.10 Å². The molecule has 3 rings (SSSR count). The van der Waals surface area contributed by atoms with E-state index in [2.05, 4.69) is 9.80 Å². The number of hydrogen-bond acceptors (Lipinski definition) is 3. The molecule has 0 spiro atoms. The molecule has 1 aliphatic carbocycles. The fourth-order valence-corrected chi connectivity index (χ4v) is 3.97. The maximum Gasteiger partial charge on any atom is 0.0702 e. The predicted molar refractivity (Wildman–Crippen MR) is 78.4 cm³/mol. The molecule has 0 radical (unpaired) electrons. The Morgan fingerprint density at radius 2 is 1.42 bits per heavy atom. The van der Waals surface area contributed by atoms with Crippen LogP contribution in [0.2, 0.25) is 0 Å². The number of rotatable bonds is 4. The van der Waals surface area contributed by atoms with Gasteiger partial charge in [0.15, 0.2) is 0 Å². The molecule has 2 aliphatic heterocycles. The van der Waals surface area contributed by atoms with Crippen molar-refractivity contribution < 1.29 is 4.74 Å². The maximum absolute atomic E-state index is 5.75. The summed E-state index contributed by atoms with van der Waals surface area (Å²) in [5.74, 6) is 0.999. The third kappa shape index (κ3) is 4.17. The summed E-state index contributed by atoms with van der Waals surface area (Å²) >= 11 is 0. The molecule has 0 N–H and O–H groups in total. The summed E-state index contributed by atoms with van der Waals surface area (Å²) in [6.45, 7) is 8.61. The van der Waals surface area contributed by atoms with E-state index in [-0.39, 0.29) is 0 Å². The van der Waals surface area contributed by atoms with Gasteiger partial charge in [0.25, 0.3) is 0 Å². The van der Waals surface area contributed by atoms with Crippen LogP contribution in [0.4, 0.5) is 0 Å². The first kappa shape index (κ1) is 13.8. The summed E-state index contributed by atoms with van der Waals surface area (Å²) in [6.07, 6.45) is 10.5. The van der Waals surface area contributed by atoms with Crippen LogP contribution in [0.1, 0.15) is 44.9 Å². The average molecular weight is 266 g/mol. The van der Waals surface area contributed by atoms with E-state index in [1.54, 1.807) is 0 Å². The molecule has 1 saturated carbocycles. The van der Waals surface area contributed by atoms with Gasteiger partial charge in [-0.25, -0.2) is 0 Å². The van der Waals surface area contributed by atoms with Gasteiger partial charge in [-0.3, -0.25) is 4.90 Å². The third-order valence-electron chi connectivity index (χ3n) is 5.19. The molecule has 0 amide bonds. The van der Waals surface area contributed by atoms with Crippen LogP contribution < -0.4 is 0 Å². The van der Waals surface area contributed by atoms with Gasteiger partial charge in [0, 0.05) is 45.9 Å². The van der Waals surface area contributed by atoms with E-state index in [1.165, 1.54) is 84.2 Å². The summed E-state index contributed by atoms with van der Waals surface area (Å²) in [7, 11) is 0. The Labute approximate surface area is 118 Å². The monoisotopic (exact) mass is 266 g/mol. The molecule has 0 unspecified atom stereocenters. The second kappa shape index (κ2) is 7.05. The van der Waals surface area contributed by atoms with Crippen molar-refractivity contribution in [3.05, 3.63) is 0 Å². The van der Waals surface area contributed by atoms with Crippen molar-refractivity contribution in [2.45, 2.75) is 51.0 Å². The highest BCUT2D eigenvalue weighted by Crippen LogP contribution is 2.24. The minimum Gasteiger partial charge on any atom is -0.377 e. The average Bonchev–Trinajstić information content (AvgIpc) is 2.95. The lowest BCUT2D eigenvalue weighted by Crippen LogP contribution is -2.49. The SMILES string of the molecule is C1CCC(CN2CCN(C[C@H]3CCCO3)CC2)CC1. The Morgan fingerprint density at radius 3 is 2.05 bits per heavy atom. The zero-order chi connectivity index (χ0) is 12.9. The zero-order valence-corrected chi connectivity index (χ0v) is 12.4. The summed E-state index contributed by atoms with van der Waals surface area (Å²) in [5.41, 5.74) is 0. The van der Waals surface area contributed by atoms with Gasteiger partial charge >= 0.3 is 0 Å². The Morgan fingerprint density at radius 1 is 0.737 bits per heavy atom. The minimum absolute atomic E-state index is 0.532. The molecule has 0 aromatic heterocycles. The van der Waals surface area contributed by atoms with E-state index in [9.17, 15) is 0 Å². The molecular weight excluding hydrogens is 236 g/mol. The van der Waals surface area contributed by atoms with Crippen LogP contribution in [-0.2, 0) is 4.74 Å². The molecule has 110 valence electrons. The topological polar surface area (TPSA) is 15.7 Å². The van der Waals surface area contributed by atoms with E-state index >= 15 is 0 Å². The van der Waals surface area contributed by atoms with Gasteiger partial charge in [-0.2, -0.15) is 0 Å². The molecule has 0 aromatic rings. The molecule has 1 atom stereocenters. The molecule has 19 heavy (non-hydrogen) atoms. The first-order valence-electron chi connectivity index (χ1n) is 8.46. The molecule has 3 aliphatic rings. The minimum atomic E-state index is 0.532. The maximum atomic E-state index is 5.75. The summed E-state index contributed by atoms with van der Waals surface area (Å²) in [6, 6.07) is 0. The van der Waals surface area contributed by atoms with Gasteiger partial charge in [0.2, 0.25) is 0 Å². The Kier molecular flexibility index (Phi) is 5.14. The number of ether oxygens (including phenoxy) is 1. The lowest BCUT2D eigenvalue weighted by Gasteiger charge is -2.38. The molecular formula is C16H30N2O.